The molecule has 12 heteroatoms. The van der Waals surface area contributed by atoms with E-state index in [2.05, 4.69) is 56.8 Å². The zero-order valence-corrected chi connectivity index (χ0v) is 21.3. The molecule has 1 fully saturated rings. The second-order valence-electron chi connectivity index (χ2n) is 9.58. The fourth-order valence-electron chi connectivity index (χ4n) is 4.14. The standard InChI is InChI=1S/C24H28ClN9O2/c1-24(2,3)18-9-19(32-34(18)14-5-8-35-13-14)30-23-31-22-21(33(23)4)20(25)17(12-29-22)36-16(10-26)15-11-27-6-7-28-15/h6-7,9-12,14H,5,8,13,26H2,1-4H3,(H,29,30,31,32)/b16-10+/t14-/m0/s1. The third kappa shape index (κ3) is 4.47. The maximum Gasteiger partial charge on any atom is 0.210 e. The monoisotopic (exact) mass is 509 g/mol. The smallest absolute Gasteiger partial charge is 0.210 e. The van der Waals surface area contributed by atoms with E-state index in [1.165, 1.54) is 12.4 Å². The topological polar surface area (TPSA) is 131 Å². The molecule has 0 aromatic carbocycles. The van der Waals surface area contributed by atoms with Crippen LogP contribution < -0.4 is 15.8 Å². The van der Waals surface area contributed by atoms with Gasteiger partial charge in [0.15, 0.2) is 23.0 Å². The van der Waals surface area contributed by atoms with Crippen molar-refractivity contribution in [1.29, 1.82) is 0 Å². The van der Waals surface area contributed by atoms with Crippen molar-refractivity contribution >= 4 is 40.3 Å². The van der Waals surface area contributed by atoms with Crippen LogP contribution in [0.2, 0.25) is 5.02 Å². The summed E-state index contributed by atoms with van der Waals surface area (Å²) in [5, 5.41) is 8.52. The molecular formula is C24H28ClN9O2. The van der Waals surface area contributed by atoms with E-state index in [1.54, 1.807) is 18.6 Å². The predicted octanol–water partition coefficient (Wildman–Crippen LogP) is 3.95. The second kappa shape index (κ2) is 9.40. The van der Waals surface area contributed by atoms with Crippen LogP contribution in [0.1, 0.15) is 44.6 Å². The minimum absolute atomic E-state index is 0.0870. The largest absolute Gasteiger partial charge is 0.450 e. The number of fused-ring (bicyclic) bond motifs is 1. The molecule has 0 amide bonds. The average molecular weight is 510 g/mol. The van der Waals surface area contributed by atoms with Gasteiger partial charge in [-0.25, -0.2) is 9.97 Å². The van der Waals surface area contributed by atoms with E-state index < -0.39 is 0 Å². The number of ether oxygens (including phenoxy) is 2. The molecule has 188 valence electrons. The predicted molar refractivity (Wildman–Crippen MR) is 137 cm³/mol. The highest BCUT2D eigenvalue weighted by atomic mass is 35.5. The Kier molecular flexibility index (Phi) is 6.27. The van der Waals surface area contributed by atoms with E-state index in [0.717, 1.165) is 18.7 Å². The minimum atomic E-state index is -0.0870. The van der Waals surface area contributed by atoms with Crippen molar-refractivity contribution < 1.29 is 9.47 Å². The maximum atomic E-state index is 6.74. The molecule has 1 aliphatic heterocycles. The first-order chi connectivity index (χ1) is 17.3. The van der Waals surface area contributed by atoms with Gasteiger partial charge in [0, 0.05) is 49.4 Å². The van der Waals surface area contributed by atoms with E-state index in [1.807, 2.05) is 11.6 Å². The molecule has 11 nitrogen and oxygen atoms in total. The Hall–Kier alpha value is -3.70. The number of rotatable bonds is 6. The summed E-state index contributed by atoms with van der Waals surface area (Å²) in [7, 11) is 1.85. The molecule has 0 unspecified atom stereocenters. The zero-order chi connectivity index (χ0) is 25.4. The molecule has 0 radical (unpaired) electrons. The number of aryl methyl sites for hydroxylation is 1. The Morgan fingerprint density at radius 3 is 2.78 bits per heavy atom. The molecule has 1 atom stereocenters. The molecule has 0 bridgehead atoms. The lowest BCUT2D eigenvalue weighted by Gasteiger charge is -2.22. The number of aromatic nitrogens is 7. The summed E-state index contributed by atoms with van der Waals surface area (Å²) < 4.78 is 15.4. The molecule has 0 aliphatic carbocycles. The highest BCUT2D eigenvalue weighted by molar-refractivity contribution is 6.36. The number of anilines is 2. The molecule has 36 heavy (non-hydrogen) atoms. The van der Waals surface area contributed by atoms with Gasteiger partial charge >= 0.3 is 0 Å². The number of hydrogen-bond donors (Lipinski definition) is 2. The summed E-state index contributed by atoms with van der Waals surface area (Å²) in [6, 6.07) is 2.27. The van der Waals surface area contributed by atoms with E-state index >= 15 is 0 Å². The fourth-order valence-corrected chi connectivity index (χ4v) is 4.43. The van der Waals surface area contributed by atoms with E-state index in [4.69, 9.17) is 31.9 Å². The number of imidazole rings is 1. The normalized spacial score (nSPS) is 16.6. The van der Waals surface area contributed by atoms with E-state index in [9.17, 15) is 0 Å². The highest BCUT2D eigenvalue weighted by Gasteiger charge is 2.28. The highest BCUT2D eigenvalue weighted by Crippen LogP contribution is 2.36. The maximum absolute atomic E-state index is 6.74. The molecule has 4 aromatic rings. The Morgan fingerprint density at radius 1 is 1.28 bits per heavy atom. The third-order valence-corrected chi connectivity index (χ3v) is 6.35. The molecule has 5 rings (SSSR count). The van der Waals surface area contributed by atoms with E-state index in [0.29, 0.717) is 51.8 Å². The van der Waals surface area contributed by atoms with Crippen LogP contribution >= 0.6 is 11.6 Å². The number of nitrogens with two attached hydrogens (primary N) is 1. The van der Waals surface area contributed by atoms with Crippen molar-refractivity contribution in [2.24, 2.45) is 12.8 Å². The lowest BCUT2D eigenvalue weighted by atomic mass is 9.91. The zero-order valence-electron chi connectivity index (χ0n) is 20.6. The molecule has 1 aliphatic rings. The number of nitrogens with one attached hydrogen (secondary N) is 1. The quantitative estimate of drug-likeness (QED) is 0.371. The molecule has 0 spiro atoms. The van der Waals surface area contributed by atoms with Crippen LogP contribution in [0.25, 0.3) is 16.9 Å². The first kappa shape index (κ1) is 24.0. The summed E-state index contributed by atoms with van der Waals surface area (Å²) in [5.74, 6) is 1.87. The van der Waals surface area contributed by atoms with Crippen LogP contribution in [0.3, 0.4) is 0 Å². The molecule has 4 aromatic heterocycles. The lowest BCUT2D eigenvalue weighted by Crippen LogP contribution is -2.22. The van der Waals surface area contributed by atoms with Crippen molar-refractivity contribution in [2.45, 2.75) is 38.6 Å². The van der Waals surface area contributed by atoms with Crippen LogP contribution in [0.5, 0.6) is 5.75 Å². The lowest BCUT2D eigenvalue weighted by molar-refractivity contribution is 0.183. The van der Waals surface area contributed by atoms with Gasteiger partial charge in [0.25, 0.3) is 0 Å². The van der Waals surface area contributed by atoms with Crippen molar-refractivity contribution in [3.8, 4) is 5.75 Å². The fraction of sp³-hybridized carbons (Fsp3) is 0.375. The van der Waals surface area contributed by atoms with Crippen molar-refractivity contribution in [1.82, 2.24) is 34.3 Å². The Balaban J connectivity index is 1.47. The summed E-state index contributed by atoms with van der Waals surface area (Å²) in [4.78, 5) is 17.3. The SMILES string of the molecule is Cn1c(Nc2cc(C(C)(C)C)n([C@H]3CCOC3)n2)nc2ncc(O/C(=C/N)c3cnccn3)c(Cl)c21. The van der Waals surface area contributed by atoms with Gasteiger partial charge in [0.1, 0.15) is 16.2 Å². The number of halogens is 1. The van der Waals surface area contributed by atoms with Gasteiger partial charge in [-0.15, -0.1) is 0 Å². The van der Waals surface area contributed by atoms with Crippen LogP contribution in [-0.4, -0.2) is 47.5 Å². The first-order valence-electron chi connectivity index (χ1n) is 11.6. The Bertz CT molecular complexity index is 1420. The molecule has 5 heterocycles. The first-order valence-corrected chi connectivity index (χ1v) is 12.0. The van der Waals surface area contributed by atoms with Gasteiger partial charge in [-0.2, -0.15) is 10.1 Å². The van der Waals surface area contributed by atoms with E-state index in [-0.39, 0.29) is 11.5 Å². The van der Waals surface area contributed by atoms with Gasteiger partial charge < -0.3 is 25.1 Å². The molecular weight excluding hydrogens is 482 g/mol. The van der Waals surface area contributed by atoms with Gasteiger partial charge in [-0.3, -0.25) is 9.67 Å². The second-order valence-corrected chi connectivity index (χ2v) is 9.96. The van der Waals surface area contributed by atoms with Gasteiger partial charge in [0.05, 0.1) is 25.0 Å². The Morgan fingerprint density at radius 2 is 2.11 bits per heavy atom. The van der Waals surface area contributed by atoms with Gasteiger partial charge in [0.2, 0.25) is 5.95 Å². The molecule has 1 saturated heterocycles. The third-order valence-electron chi connectivity index (χ3n) is 5.99. The molecule has 3 N–H and O–H groups in total. The van der Waals surface area contributed by atoms with Crippen LogP contribution in [0, 0.1) is 0 Å². The summed E-state index contributed by atoms with van der Waals surface area (Å²) in [6.45, 7) is 7.92. The minimum Gasteiger partial charge on any atom is -0.450 e. The number of pyridine rings is 1. The number of hydrogen-bond acceptors (Lipinski definition) is 9. The van der Waals surface area contributed by atoms with Gasteiger partial charge in [-0.1, -0.05) is 32.4 Å². The Labute approximate surface area is 213 Å². The summed E-state index contributed by atoms with van der Waals surface area (Å²) in [5.41, 5.74) is 8.34. The van der Waals surface area contributed by atoms with Crippen molar-refractivity contribution in [2.75, 3.05) is 18.5 Å². The summed E-state index contributed by atoms with van der Waals surface area (Å²) in [6.07, 6.45) is 8.42. The van der Waals surface area contributed by atoms with Crippen LogP contribution in [0.15, 0.2) is 37.1 Å². The van der Waals surface area contributed by atoms with Gasteiger partial charge in [-0.05, 0) is 6.42 Å². The number of nitrogens with zero attached hydrogens (tertiary/aromatic N) is 7. The van der Waals surface area contributed by atoms with Crippen LogP contribution in [-0.2, 0) is 17.2 Å². The van der Waals surface area contributed by atoms with Crippen molar-refractivity contribution in [3.63, 3.8) is 0 Å². The summed E-state index contributed by atoms with van der Waals surface area (Å²) >= 11 is 6.74. The van der Waals surface area contributed by atoms with Crippen molar-refractivity contribution in [3.05, 3.63) is 53.5 Å². The molecule has 0 saturated carbocycles. The average Bonchev–Trinajstić information content (AvgIpc) is 3.59. The van der Waals surface area contributed by atoms with Crippen LogP contribution in [0.4, 0.5) is 11.8 Å².